The third-order valence-electron chi connectivity index (χ3n) is 2.42. The topological polar surface area (TPSA) is 30.0 Å². The van der Waals surface area contributed by atoms with Crippen molar-refractivity contribution >= 4 is 44.7 Å². The Labute approximate surface area is 123 Å². The third-order valence-corrected chi connectivity index (χ3v) is 4.23. The number of aryl methyl sites for hydroxylation is 1. The number of rotatable bonds is 4. The van der Waals surface area contributed by atoms with Crippen molar-refractivity contribution in [2.45, 2.75) is 19.8 Å². The highest BCUT2D eigenvalue weighted by molar-refractivity contribution is 9.10. The molecule has 1 aromatic carbocycles. The van der Waals surface area contributed by atoms with Crippen LogP contribution < -0.4 is 0 Å². The van der Waals surface area contributed by atoms with Gasteiger partial charge in [-0.3, -0.25) is 4.79 Å². The number of carbonyl (C=O) groups excluding carboxylic acids is 1. The van der Waals surface area contributed by atoms with Gasteiger partial charge in [-0.2, -0.15) is 0 Å². The number of benzene rings is 1. The van der Waals surface area contributed by atoms with Crippen molar-refractivity contribution in [3.05, 3.63) is 49.3 Å². The summed E-state index contributed by atoms with van der Waals surface area (Å²) in [6.07, 6.45) is 0.732. The molecule has 0 saturated heterocycles. The second kappa shape index (κ2) is 5.95. The quantitative estimate of drug-likeness (QED) is 0.831. The number of hydrogen-bond acceptors (Lipinski definition) is 3. The molecule has 5 heteroatoms. The lowest BCUT2D eigenvalue weighted by atomic mass is 10.1. The van der Waals surface area contributed by atoms with Gasteiger partial charge in [0.1, 0.15) is 10.8 Å². The second-order valence-corrected chi connectivity index (χ2v) is 6.28. The van der Waals surface area contributed by atoms with Crippen LogP contribution in [0.25, 0.3) is 0 Å². The standard InChI is InChI=1S/C13H11BrClNOS/c1-8-7-18-13(16-8)6-11(17)4-9-2-3-10(14)5-12(9)15/h2-3,5,7H,4,6H2,1H3. The average Bonchev–Trinajstić information content (AvgIpc) is 2.68. The van der Waals surface area contributed by atoms with Gasteiger partial charge in [-0.05, 0) is 24.6 Å². The van der Waals surface area contributed by atoms with Gasteiger partial charge in [0.15, 0.2) is 0 Å². The van der Waals surface area contributed by atoms with Crippen molar-refractivity contribution in [2.24, 2.45) is 0 Å². The molecule has 2 nitrogen and oxygen atoms in total. The van der Waals surface area contributed by atoms with Gasteiger partial charge in [-0.25, -0.2) is 4.98 Å². The lowest BCUT2D eigenvalue weighted by molar-refractivity contribution is -0.117. The molecule has 0 aliphatic carbocycles. The van der Waals surface area contributed by atoms with Crippen molar-refractivity contribution < 1.29 is 4.79 Å². The third kappa shape index (κ3) is 3.64. The highest BCUT2D eigenvalue weighted by Gasteiger charge is 2.10. The average molecular weight is 345 g/mol. The van der Waals surface area contributed by atoms with Gasteiger partial charge >= 0.3 is 0 Å². The van der Waals surface area contributed by atoms with Crippen molar-refractivity contribution in [3.8, 4) is 0 Å². The minimum Gasteiger partial charge on any atom is -0.299 e. The molecule has 2 rings (SSSR count). The summed E-state index contributed by atoms with van der Waals surface area (Å²) >= 11 is 10.9. The zero-order valence-corrected chi connectivity index (χ0v) is 12.9. The molecule has 0 aliphatic rings. The van der Waals surface area contributed by atoms with Gasteiger partial charge in [0.05, 0.1) is 6.42 Å². The Morgan fingerprint density at radius 1 is 1.44 bits per heavy atom. The van der Waals surface area contributed by atoms with Crippen LogP contribution in [0.1, 0.15) is 16.3 Å². The molecule has 0 N–H and O–H groups in total. The van der Waals surface area contributed by atoms with E-state index in [4.69, 9.17) is 11.6 Å². The first-order valence-corrected chi connectivity index (χ1v) is 7.46. The van der Waals surface area contributed by atoms with Gasteiger partial charge in [-0.1, -0.05) is 33.6 Å². The summed E-state index contributed by atoms with van der Waals surface area (Å²) < 4.78 is 0.916. The Balaban J connectivity index is 2.03. The Hall–Kier alpha value is -0.710. The molecule has 0 unspecified atom stereocenters. The molecule has 94 valence electrons. The summed E-state index contributed by atoms with van der Waals surface area (Å²) in [6, 6.07) is 5.57. The Morgan fingerprint density at radius 2 is 2.22 bits per heavy atom. The highest BCUT2D eigenvalue weighted by Crippen LogP contribution is 2.22. The van der Waals surface area contributed by atoms with Crippen LogP contribution in [0.3, 0.4) is 0 Å². The molecule has 0 bridgehead atoms. The number of hydrogen-bond donors (Lipinski definition) is 0. The van der Waals surface area contributed by atoms with Gasteiger partial charge in [0, 0.05) is 27.0 Å². The number of halogens is 2. The molecule has 2 aromatic rings. The number of carbonyl (C=O) groups is 1. The molecule has 0 aliphatic heterocycles. The monoisotopic (exact) mass is 343 g/mol. The Kier molecular flexibility index (Phi) is 4.54. The maximum absolute atomic E-state index is 11.9. The molecule has 0 radical (unpaired) electrons. The smallest absolute Gasteiger partial charge is 0.144 e. The minimum atomic E-state index is 0.133. The van der Waals surface area contributed by atoms with E-state index in [1.165, 1.54) is 11.3 Å². The largest absolute Gasteiger partial charge is 0.299 e. The van der Waals surface area contributed by atoms with Crippen LogP contribution in [0.15, 0.2) is 28.1 Å². The minimum absolute atomic E-state index is 0.133. The zero-order chi connectivity index (χ0) is 13.1. The highest BCUT2D eigenvalue weighted by atomic mass is 79.9. The summed E-state index contributed by atoms with van der Waals surface area (Å²) in [5.74, 6) is 0.133. The molecule has 1 heterocycles. The number of aromatic nitrogens is 1. The van der Waals surface area contributed by atoms with Crippen molar-refractivity contribution in [3.63, 3.8) is 0 Å². The molecule has 0 atom stereocenters. The van der Waals surface area contributed by atoms with Gasteiger partial charge < -0.3 is 0 Å². The van der Waals surface area contributed by atoms with E-state index in [-0.39, 0.29) is 5.78 Å². The van der Waals surface area contributed by atoms with Crippen LogP contribution in [0.5, 0.6) is 0 Å². The molecular formula is C13H11BrClNOS. The predicted molar refractivity (Wildman–Crippen MR) is 78.4 cm³/mol. The van der Waals surface area contributed by atoms with Crippen LogP contribution in [0.4, 0.5) is 0 Å². The molecule has 0 fully saturated rings. The first kappa shape index (κ1) is 13.7. The van der Waals surface area contributed by atoms with E-state index in [1.54, 1.807) is 6.07 Å². The summed E-state index contributed by atoms with van der Waals surface area (Å²) in [6.45, 7) is 1.93. The molecule has 0 amide bonds. The SMILES string of the molecule is Cc1csc(CC(=O)Cc2ccc(Br)cc2Cl)n1. The lowest BCUT2D eigenvalue weighted by Crippen LogP contribution is -2.06. The molecule has 0 saturated carbocycles. The van der Waals surface area contributed by atoms with Crippen LogP contribution in [-0.2, 0) is 17.6 Å². The fourth-order valence-electron chi connectivity index (χ4n) is 1.59. The van der Waals surface area contributed by atoms with Crippen LogP contribution in [0, 0.1) is 6.92 Å². The fraction of sp³-hybridized carbons (Fsp3) is 0.231. The van der Waals surface area contributed by atoms with Crippen molar-refractivity contribution in [2.75, 3.05) is 0 Å². The zero-order valence-electron chi connectivity index (χ0n) is 9.74. The first-order chi connectivity index (χ1) is 8.54. The van der Waals surface area contributed by atoms with Crippen molar-refractivity contribution in [1.29, 1.82) is 0 Å². The summed E-state index contributed by atoms with van der Waals surface area (Å²) in [5.41, 5.74) is 1.82. The van der Waals surface area contributed by atoms with E-state index in [0.29, 0.717) is 17.9 Å². The number of Topliss-reactive ketones (excluding diaryl/α,β-unsaturated/α-hetero) is 1. The van der Waals surface area contributed by atoms with Crippen molar-refractivity contribution in [1.82, 2.24) is 4.98 Å². The van der Waals surface area contributed by atoms with Crippen LogP contribution in [0.2, 0.25) is 5.02 Å². The van der Waals surface area contributed by atoms with Crippen LogP contribution >= 0.6 is 38.9 Å². The maximum Gasteiger partial charge on any atom is 0.144 e. The first-order valence-electron chi connectivity index (χ1n) is 5.41. The summed E-state index contributed by atoms with van der Waals surface area (Å²) in [5, 5.41) is 3.44. The van der Waals surface area contributed by atoms with E-state index in [0.717, 1.165) is 20.7 Å². The summed E-state index contributed by atoms with van der Waals surface area (Å²) in [7, 11) is 0. The Bertz CT molecular complexity index is 582. The number of nitrogens with zero attached hydrogens (tertiary/aromatic N) is 1. The number of ketones is 1. The van der Waals surface area contributed by atoms with E-state index in [9.17, 15) is 4.79 Å². The molecule has 1 aromatic heterocycles. The van der Waals surface area contributed by atoms with E-state index >= 15 is 0 Å². The van der Waals surface area contributed by atoms with Gasteiger partial charge in [0.25, 0.3) is 0 Å². The van der Waals surface area contributed by atoms with E-state index < -0.39 is 0 Å². The molecular weight excluding hydrogens is 334 g/mol. The van der Waals surface area contributed by atoms with Crippen LogP contribution in [-0.4, -0.2) is 10.8 Å². The van der Waals surface area contributed by atoms with E-state index in [1.807, 2.05) is 24.4 Å². The van der Waals surface area contributed by atoms with E-state index in [2.05, 4.69) is 20.9 Å². The number of thiazole rings is 1. The molecule has 0 spiro atoms. The fourth-order valence-corrected chi connectivity index (χ4v) is 3.13. The predicted octanol–water partition coefficient (Wildman–Crippen LogP) is 4.22. The second-order valence-electron chi connectivity index (χ2n) is 4.01. The maximum atomic E-state index is 11.9. The molecule has 18 heavy (non-hydrogen) atoms. The lowest BCUT2D eigenvalue weighted by Gasteiger charge is -2.03. The van der Waals surface area contributed by atoms with Gasteiger partial charge in [0.2, 0.25) is 0 Å². The van der Waals surface area contributed by atoms with Gasteiger partial charge in [-0.15, -0.1) is 11.3 Å². The Morgan fingerprint density at radius 3 is 2.83 bits per heavy atom. The summed E-state index contributed by atoms with van der Waals surface area (Å²) in [4.78, 5) is 16.2. The normalized spacial score (nSPS) is 10.6.